The fourth-order valence-electron chi connectivity index (χ4n) is 3.86. The highest BCUT2D eigenvalue weighted by atomic mass is 32.1. The van der Waals surface area contributed by atoms with Gasteiger partial charge in [0, 0.05) is 6.54 Å². The Morgan fingerprint density at radius 3 is 2.63 bits per heavy atom. The molecule has 35 heavy (non-hydrogen) atoms. The molecule has 2 aromatic rings. The van der Waals surface area contributed by atoms with Gasteiger partial charge in [-0.2, -0.15) is 0 Å². The number of aryl methyl sites for hydroxylation is 1. The van der Waals surface area contributed by atoms with Crippen molar-refractivity contribution in [3.05, 3.63) is 52.0 Å². The van der Waals surface area contributed by atoms with Gasteiger partial charge in [0.25, 0.3) is 5.91 Å². The molecule has 8 nitrogen and oxygen atoms in total. The maximum atomic E-state index is 13.9. The van der Waals surface area contributed by atoms with Crippen LogP contribution in [0.2, 0.25) is 0 Å². The summed E-state index contributed by atoms with van der Waals surface area (Å²) in [4.78, 5) is 53.0. The van der Waals surface area contributed by atoms with E-state index in [-0.39, 0.29) is 29.8 Å². The second kappa shape index (κ2) is 11.9. The first-order valence-electron chi connectivity index (χ1n) is 11.6. The highest BCUT2D eigenvalue weighted by Crippen LogP contribution is 2.17. The van der Waals surface area contributed by atoms with E-state index in [1.807, 2.05) is 26.2 Å². The van der Waals surface area contributed by atoms with Crippen molar-refractivity contribution in [3.63, 3.8) is 0 Å². The third-order valence-electron chi connectivity index (χ3n) is 5.66. The van der Waals surface area contributed by atoms with Crippen molar-refractivity contribution in [2.45, 2.75) is 52.1 Å². The van der Waals surface area contributed by atoms with Gasteiger partial charge in [-0.1, -0.05) is 26.0 Å². The Bertz CT molecular complexity index is 1090. The Kier molecular flexibility index (Phi) is 8.97. The molecule has 3 N–H and O–H groups in total. The number of amides is 4. The standard InChI is InChI=1S/C25H31FN4O4S/c1-15(2)11-20(28-24(33)22-12-16(3)14-35-22)23(32)27-19-9-6-10-30(13-21(19)31)25(34)29-18-8-5-4-7-17(18)26/h4-5,7-8,12,14-15,19-20H,6,9-11,13H2,1-3H3,(H,27,32)(H,28,33)(H,29,34). The van der Waals surface area contributed by atoms with E-state index >= 15 is 0 Å². The zero-order valence-corrected chi connectivity index (χ0v) is 20.9. The Labute approximate surface area is 208 Å². The molecule has 10 heteroatoms. The summed E-state index contributed by atoms with van der Waals surface area (Å²) in [5.41, 5.74) is 1.00. The molecule has 1 aliphatic rings. The number of carbonyl (C=O) groups excluding carboxylic acids is 4. The first kappa shape index (κ1) is 26.3. The lowest BCUT2D eigenvalue weighted by Crippen LogP contribution is -2.52. The molecule has 0 spiro atoms. The first-order valence-corrected chi connectivity index (χ1v) is 12.5. The highest BCUT2D eigenvalue weighted by Gasteiger charge is 2.31. The quantitative estimate of drug-likeness (QED) is 0.536. The van der Waals surface area contributed by atoms with Gasteiger partial charge in [-0.3, -0.25) is 14.4 Å². The van der Waals surface area contributed by atoms with Crippen LogP contribution < -0.4 is 16.0 Å². The minimum absolute atomic E-state index is 0.0345. The molecule has 0 saturated carbocycles. The van der Waals surface area contributed by atoms with Crippen molar-refractivity contribution in [3.8, 4) is 0 Å². The summed E-state index contributed by atoms with van der Waals surface area (Å²) in [5, 5.41) is 9.93. The van der Waals surface area contributed by atoms with Crippen LogP contribution in [0, 0.1) is 18.7 Å². The van der Waals surface area contributed by atoms with Crippen molar-refractivity contribution in [1.82, 2.24) is 15.5 Å². The monoisotopic (exact) mass is 502 g/mol. The van der Waals surface area contributed by atoms with Crippen LogP contribution in [0.5, 0.6) is 0 Å². The molecule has 0 radical (unpaired) electrons. The molecule has 1 fully saturated rings. The fourth-order valence-corrected chi connectivity index (χ4v) is 4.66. The molecule has 1 aromatic heterocycles. The van der Waals surface area contributed by atoms with E-state index in [2.05, 4.69) is 16.0 Å². The zero-order valence-electron chi connectivity index (χ0n) is 20.1. The zero-order chi connectivity index (χ0) is 25.5. The van der Waals surface area contributed by atoms with Crippen LogP contribution in [0.15, 0.2) is 35.7 Å². The second-order valence-corrected chi connectivity index (χ2v) is 10.1. The minimum Gasteiger partial charge on any atom is -0.344 e. The van der Waals surface area contributed by atoms with Crippen molar-refractivity contribution in [2.24, 2.45) is 5.92 Å². The van der Waals surface area contributed by atoms with E-state index in [0.717, 1.165) is 5.56 Å². The lowest BCUT2D eigenvalue weighted by atomic mass is 10.0. The van der Waals surface area contributed by atoms with Crippen LogP contribution in [-0.4, -0.2) is 53.7 Å². The Balaban J connectivity index is 1.61. The number of urea groups is 1. The molecule has 1 aliphatic heterocycles. The SMILES string of the molecule is Cc1csc(C(=O)NC(CC(C)C)C(=O)NC2CCCN(C(=O)Nc3ccccc3F)CC2=O)c1. The first-order chi connectivity index (χ1) is 16.6. The number of hydrogen-bond acceptors (Lipinski definition) is 5. The molecule has 2 atom stereocenters. The van der Waals surface area contributed by atoms with Crippen LogP contribution in [0.25, 0.3) is 0 Å². The van der Waals surface area contributed by atoms with Crippen molar-refractivity contribution >= 4 is 40.7 Å². The lowest BCUT2D eigenvalue weighted by molar-refractivity contribution is -0.129. The summed E-state index contributed by atoms with van der Waals surface area (Å²) in [6, 6.07) is 5.42. The molecule has 0 aliphatic carbocycles. The number of carbonyl (C=O) groups is 4. The van der Waals surface area contributed by atoms with E-state index in [4.69, 9.17) is 0 Å². The van der Waals surface area contributed by atoms with Crippen LogP contribution in [0.4, 0.5) is 14.9 Å². The number of benzene rings is 1. The molecule has 4 amide bonds. The van der Waals surface area contributed by atoms with Crippen LogP contribution in [-0.2, 0) is 9.59 Å². The summed E-state index contributed by atoms with van der Waals surface area (Å²) in [6.45, 7) is 5.88. The molecule has 2 unspecified atom stereocenters. The summed E-state index contributed by atoms with van der Waals surface area (Å²) in [7, 11) is 0. The smallest absolute Gasteiger partial charge is 0.322 e. The number of likely N-dealkylation sites (tertiary alicyclic amines) is 1. The summed E-state index contributed by atoms with van der Waals surface area (Å²) < 4.78 is 13.9. The molecule has 1 aromatic carbocycles. The normalized spacial score (nSPS) is 17.0. The maximum absolute atomic E-state index is 13.9. The molecule has 188 valence electrons. The molecular weight excluding hydrogens is 471 g/mol. The third kappa shape index (κ3) is 7.35. The number of rotatable bonds is 7. The second-order valence-electron chi connectivity index (χ2n) is 9.15. The number of halogens is 1. The van der Waals surface area contributed by atoms with Crippen molar-refractivity contribution in [1.29, 1.82) is 0 Å². The maximum Gasteiger partial charge on any atom is 0.322 e. The lowest BCUT2D eigenvalue weighted by Gasteiger charge is -2.23. The van der Waals surface area contributed by atoms with Crippen molar-refractivity contribution < 1.29 is 23.6 Å². The Morgan fingerprint density at radius 1 is 1.23 bits per heavy atom. The van der Waals surface area contributed by atoms with Crippen LogP contribution in [0.3, 0.4) is 0 Å². The van der Waals surface area contributed by atoms with E-state index in [9.17, 15) is 23.6 Å². The van der Waals surface area contributed by atoms with Crippen LogP contribution in [0.1, 0.15) is 48.3 Å². The molecule has 1 saturated heterocycles. The van der Waals surface area contributed by atoms with Gasteiger partial charge in [-0.25, -0.2) is 9.18 Å². The predicted molar refractivity (Wildman–Crippen MR) is 133 cm³/mol. The number of nitrogens with zero attached hydrogens (tertiary/aromatic N) is 1. The van der Waals surface area contributed by atoms with E-state index < -0.39 is 29.8 Å². The number of hydrogen-bond donors (Lipinski definition) is 3. The number of Topliss-reactive ketones (excluding diaryl/α,β-unsaturated/α-hetero) is 1. The van der Waals surface area contributed by atoms with Gasteiger partial charge in [-0.15, -0.1) is 11.3 Å². The predicted octanol–water partition coefficient (Wildman–Crippen LogP) is 3.72. The van der Waals surface area contributed by atoms with Crippen LogP contribution >= 0.6 is 11.3 Å². The summed E-state index contributed by atoms with van der Waals surface area (Å²) >= 11 is 1.31. The van der Waals surface area contributed by atoms with Gasteiger partial charge in [0.05, 0.1) is 23.2 Å². The van der Waals surface area contributed by atoms with Gasteiger partial charge in [0.15, 0.2) is 5.78 Å². The third-order valence-corrected chi connectivity index (χ3v) is 6.71. The number of ketones is 1. The fraction of sp³-hybridized carbons (Fsp3) is 0.440. The topological polar surface area (TPSA) is 108 Å². The summed E-state index contributed by atoms with van der Waals surface area (Å²) in [6.07, 6.45) is 1.26. The Hall–Kier alpha value is -3.27. The number of nitrogens with one attached hydrogen (secondary N) is 3. The molecule has 2 heterocycles. The van der Waals surface area contributed by atoms with Gasteiger partial charge in [-0.05, 0) is 61.2 Å². The minimum atomic E-state index is -0.790. The Morgan fingerprint density at radius 2 is 1.97 bits per heavy atom. The average molecular weight is 503 g/mol. The number of para-hydroxylation sites is 1. The number of anilines is 1. The molecule has 0 bridgehead atoms. The van der Waals surface area contributed by atoms with E-state index in [0.29, 0.717) is 30.7 Å². The number of thiophene rings is 1. The highest BCUT2D eigenvalue weighted by molar-refractivity contribution is 7.12. The average Bonchev–Trinajstić information content (AvgIpc) is 3.15. The van der Waals surface area contributed by atoms with Gasteiger partial charge in [0.1, 0.15) is 11.9 Å². The summed E-state index contributed by atoms with van der Waals surface area (Å²) in [5.74, 6) is -1.50. The van der Waals surface area contributed by atoms with Crippen molar-refractivity contribution in [2.75, 3.05) is 18.4 Å². The van der Waals surface area contributed by atoms with E-state index in [1.165, 1.54) is 34.4 Å². The van der Waals surface area contributed by atoms with Gasteiger partial charge >= 0.3 is 6.03 Å². The largest absolute Gasteiger partial charge is 0.344 e. The van der Waals surface area contributed by atoms with E-state index in [1.54, 1.807) is 12.1 Å². The van der Waals surface area contributed by atoms with Gasteiger partial charge in [0.2, 0.25) is 5.91 Å². The molecular formula is C25H31FN4O4S. The molecule has 3 rings (SSSR count). The van der Waals surface area contributed by atoms with Gasteiger partial charge < -0.3 is 20.9 Å².